The van der Waals surface area contributed by atoms with Crippen LogP contribution in [0.1, 0.15) is 28.4 Å². The Balaban J connectivity index is 2.04. The van der Waals surface area contributed by atoms with Gasteiger partial charge in [-0.15, -0.1) is 0 Å². The predicted molar refractivity (Wildman–Crippen MR) is 92.2 cm³/mol. The lowest BCUT2D eigenvalue weighted by Gasteiger charge is -2.13. The van der Waals surface area contributed by atoms with E-state index in [2.05, 4.69) is 28.8 Å². The Morgan fingerprint density at radius 1 is 1.00 bits per heavy atom. The van der Waals surface area contributed by atoms with Crippen molar-refractivity contribution in [2.24, 2.45) is 0 Å². The maximum atomic E-state index is 11.2. The standard InChI is InChI=1S/C17H18N2OS/c1-11-4-5-12(2)16(10-11)19-17(21)18-15-8-6-14(7-9-15)13(3)20/h4-10H,1-3H3,(H2,18,19,21). The van der Waals surface area contributed by atoms with E-state index < -0.39 is 0 Å². The highest BCUT2D eigenvalue weighted by Gasteiger charge is 2.03. The minimum atomic E-state index is 0.0534. The van der Waals surface area contributed by atoms with E-state index in [4.69, 9.17) is 12.2 Å². The van der Waals surface area contributed by atoms with Crippen molar-refractivity contribution < 1.29 is 4.79 Å². The Morgan fingerprint density at radius 2 is 1.67 bits per heavy atom. The number of rotatable bonds is 3. The maximum Gasteiger partial charge on any atom is 0.175 e. The van der Waals surface area contributed by atoms with Crippen molar-refractivity contribution in [2.45, 2.75) is 20.8 Å². The van der Waals surface area contributed by atoms with Crippen LogP contribution in [0.4, 0.5) is 11.4 Å². The summed E-state index contributed by atoms with van der Waals surface area (Å²) in [6, 6.07) is 13.4. The molecule has 0 aromatic heterocycles. The van der Waals surface area contributed by atoms with Crippen LogP contribution in [-0.4, -0.2) is 10.9 Å². The Labute approximate surface area is 130 Å². The molecule has 2 rings (SSSR count). The molecule has 4 heteroatoms. The number of ketones is 1. The van der Waals surface area contributed by atoms with Crippen LogP contribution in [0.5, 0.6) is 0 Å². The second-order valence-electron chi connectivity index (χ2n) is 5.03. The van der Waals surface area contributed by atoms with Gasteiger partial charge >= 0.3 is 0 Å². The fourth-order valence-electron chi connectivity index (χ4n) is 1.94. The fourth-order valence-corrected chi connectivity index (χ4v) is 2.17. The minimum Gasteiger partial charge on any atom is -0.332 e. The molecule has 2 N–H and O–H groups in total. The van der Waals surface area contributed by atoms with Crippen molar-refractivity contribution in [3.8, 4) is 0 Å². The number of nitrogens with one attached hydrogen (secondary N) is 2. The zero-order valence-electron chi connectivity index (χ0n) is 12.4. The van der Waals surface area contributed by atoms with Gasteiger partial charge in [-0.1, -0.05) is 12.1 Å². The number of anilines is 2. The molecule has 0 unspecified atom stereocenters. The summed E-state index contributed by atoms with van der Waals surface area (Å²) in [6.07, 6.45) is 0. The van der Waals surface area contributed by atoms with Gasteiger partial charge in [0.1, 0.15) is 0 Å². The molecule has 0 fully saturated rings. The molecule has 108 valence electrons. The van der Waals surface area contributed by atoms with Crippen LogP contribution in [0.25, 0.3) is 0 Å². The van der Waals surface area contributed by atoms with E-state index in [1.54, 1.807) is 19.1 Å². The van der Waals surface area contributed by atoms with Gasteiger partial charge in [-0.2, -0.15) is 0 Å². The smallest absolute Gasteiger partial charge is 0.175 e. The molecular formula is C17H18N2OS. The number of hydrogen-bond donors (Lipinski definition) is 2. The van der Waals surface area contributed by atoms with Crippen molar-refractivity contribution in [3.05, 3.63) is 59.2 Å². The molecule has 0 heterocycles. The van der Waals surface area contributed by atoms with Crippen molar-refractivity contribution >= 4 is 34.5 Å². The summed E-state index contributed by atoms with van der Waals surface area (Å²) in [5.41, 5.74) is 4.85. The van der Waals surface area contributed by atoms with Gasteiger partial charge in [0.15, 0.2) is 10.9 Å². The lowest BCUT2D eigenvalue weighted by molar-refractivity contribution is 0.101. The average Bonchev–Trinajstić information content (AvgIpc) is 2.43. The first-order chi connectivity index (χ1) is 9.95. The summed E-state index contributed by atoms with van der Waals surface area (Å²) in [4.78, 5) is 11.2. The van der Waals surface area contributed by atoms with Crippen LogP contribution in [0.2, 0.25) is 0 Å². The van der Waals surface area contributed by atoms with Crippen molar-refractivity contribution in [1.29, 1.82) is 0 Å². The lowest BCUT2D eigenvalue weighted by Crippen LogP contribution is -2.19. The van der Waals surface area contributed by atoms with E-state index >= 15 is 0 Å². The van der Waals surface area contributed by atoms with Gasteiger partial charge in [-0.25, -0.2) is 0 Å². The van der Waals surface area contributed by atoms with Crippen LogP contribution >= 0.6 is 12.2 Å². The quantitative estimate of drug-likeness (QED) is 0.654. The van der Waals surface area contributed by atoms with Gasteiger partial charge in [0.2, 0.25) is 0 Å². The third-order valence-electron chi connectivity index (χ3n) is 3.19. The molecule has 0 aliphatic heterocycles. The number of carbonyl (C=O) groups excluding carboxylic acids is 1. The summed E-state index contributed by atoms with van der Waals surface area (Å²) in [5.74, 6) is 0.0534. The molecule has 3 nitrogen and oxygen atoms in total. The van der Waals surface area contributed by atoms with Gasteiger partial charge < -0.3 is 10.6 Å². The Bertz CT molecular complexity index is 678. The predicted octanol–water partition coefficient (Wildman–Crippen LogP) is 4.31. The zero-order valence-corrected chi connectivity index (χ0v) is 13.2. The van der Waals surface area contributed by atoms with E-state index in [0.717, 1.165) is 16.9 Å². The number of hydrogen-bond acceptors (Lipinski definition) is 2. The first-order valence-electron chi connectivity index (χ1n) is 6.72. The van der Waals surface area contributed by atoms with E-state index in [-0.39, 0.29) is 5.78 Å². The SMILES string of the molecule is CC(=O)c1ccc(NC(=S)Nc2cc(C)ccc2C)cc1. The van der Waals surface area contributed by atoms with E-state index in [0.29, 0.717) is 10.7 Å². The van der Waals surface area contributed by atoms with Crippen LogP contribution in [0, 0.1) is 13.8 Å². The summed E-state index contributed by atoms with van der Waals surface area (Å²) in [5, 5.41) is 6.83. The average molecular weight is 298 g/mol. The lowest BCUT2D eigenvalue weighted by atomic mass is 10.1. The van der Waals surface area contributed by atoms with Gasteiger partial charge in [-0.05, 0) is 74.4 Å². The topological polar surface area (TPSA) is 41.1 Å². The Hall–Kier alpha value is -2.20. The van der Waals surface area contributed by atoms with E-state index in [1.807, 2.05) is 26.0 Å². The molecule has 0 spiro atoms. The molecule has 0 atom stereocenters. The molecular weight excluding hydrogens is 280 g/mol. The molecule has 0 saturated carbocycles. The molecule has 0 radical (unpaired) electrons. The minimum absolute atomic E-state index is 0.0534. The van der Waals surface area contributed by atoms with Gasteiger partial charge in [0.05, 0.1) is 0 Å². The molecule has 2 aromatic carbocycles. The molecule has 0 saturated heterocycles. The third kappa shape index (κ3) is 4.13. The molecule has 0 aliphatic rings. The highest BCUT2D eigenvalue weighted by atomic mass is 32.1. The highest BCUT2D eigenvalue weighted by Crippen LogP contribution is 2.17. The van der Waals surface area contributed by atoms with Crippen LogP contribution in [0.15, 0.2) is 42.5 Å². The van der Waals surface area contributed by atoms with Crippen LogP contribution < -0.4 is 10.6 Å². The van der Waals surface area contributed by atoms with Crippen molar-refractivity contribution in [1.82, 2.24) is 0 Å². The second-order valence-corrected chi connectivity index (χ2v) is 5.44. The van der Waals surface area contributed by atoms with Gasteiger partial charge in [-0.3, -0.25) is 4.79 Å². The number of Topliss-reactive ketones (excluding diaryl/α,β-unsaturated/α-hetero) is 1. The maximum absolute atomic E-state index is 11.2. The highest BCUT2D eigenvalue weighted by molar-refractivity contribution is 7.80. The third-order valence-corrected chi connectivity index (χ3v) is 3.39. The number of thiocarbonyl (C=S) groups is 1. The zero-order chi connectivity index (χ0) is 15.4. The fraction of sp³-hybridized carbons (Fsp3) is 0.176. The summed E-state index contributed by atoms with van der Waals surface area (Å²) >= 11 is 5.32. The molecule has 0 bridgehead atoms. The summed E-state index contributed by atoms with van der Waals surface area (Å²) in [7, 11) is 0. The normalized spacial score (nSPS) is 10.0. The summed E-state index contributed by atoms with van der Waals surface area (Å²) < 4.78 is 0. The van der Waals surface area contributed by atoms with Crippen LogP contribution in [-0.2, 0) is 0 Å². The van der Waals surface area contributed by atoms with Crippen molar-refractivity contribution in [3.63, 3.8) is 0 Å². The second kappa shape index (κ2) is 6.50. The first-order valence-corrected chi connectivity index (χ1v) is 7.13. The van der Waals surface area contributed by atoms with Gasteiger partial charge in [0, 0.05) is 16.9 Å². The first kappa shape index (κ1) is 15.2. The molecule has 0 aliphatic carbocycles. The van der Waals surface area contributed by atoms with Gasteiger partial charge in [0.25, 0.3) is 0 Å². The largest absolute Gasteiger partial charge is 0.332 e. The Morgan fingerprint density at radius 3 is 2.29 bits per heavy atom. The van der Waals surface area contributed by atoms with E-state index in [9.17, 15) is 4.79 Å². The monoisotopic (exact) mass is 298 g/mol. The number of aryl methyl sites for hydroxylation is 2. The van der Waals surface area contributed by atoms with Crippen molar-refractivity contribution in [2.75, 3.05) is 10.6 Å². The molecule has 0 amide bonds. The summed E-state index contributed by atoms with van der Waals surface area (Å²) in [6.45, 7) is 5.63. The van der Waals surface area contributed by atoms with E-state index in [1.165, 1.54) is 5.56 Å². The molecule has 2 aromatic rings. The number of carbonyl (C=O) groups is 1. The Kier molecular flexibility index (Phi) is 4.70. The van der Waals surface area contributed by atoms with Crippen LogP contribution in [0.3, 0.4) is 0 Å². The number of benzene rings is 2. The molecule has 21 heavy (non-hydrogen) atoms.